The predicted molar refractivity (Wildman–Crippen MR) is 105 cm³/mol. The minimum atomic E-state index is -0.269. The van der Waals surface area contributed by atoms with Gasteiger partial charge in [0.05, 0.1) is 7.11 Å². The van der Waals surface area contributed by atoms with E-state index in [4.69, 9.17) is 4.74 Å². The minimum absolute atomic E-state index is 0.0828. The minimum Gasteiger partial charge on any atom is -0.453 e. The highest BCUT2D eigenvalue weighted by atomic mass is 16.5. The van der Waals surface area contributed by atoms with Gasteiger partial charge in [0.2, 0.25) is 0 Å². The highest BCUT2D eigenvalue weighted by Gasteiger charge is 2.23. The fourth-order valence-corrected chi connectivity index (χ4v) is 3.06. The SMILES string of the molecule is CN=C(NCCc1cccc(C(=O)NC)c1)NC1CCN(C(=O)OC)CC1. The number of aliphatic imine (C=N–C) groups is 1. The van der Waals surface area contributed by atoms with Gasteiger partial charge in [-0.1, -0.05) is 12.1 Å². The molecule has 1 aliphatic rings. The maximum Gasteiger partial charge on any atom is 0.409 e. The number of hydrogen-bond acceptors (Lipinski definition) is 4. The van der Waals surface area contributed by atoms with Gasteiger partial charge in [-0.05, 0) is 37.0 Å². The zero-order valence-corrected chi connectivity index (χ0v) is 16.2. The number of likely N-dealkylation sites (tertiary alicyclic amines) is 1. The summed E-state index contributed by atoms with van der Waals surface area (Å²) >= 11 is 0. The van der Waals surface area contributed by atoms with E-state index in [1.165, 1.54) is 7.11 Å². The van der Waals surface area contributed by atoms with Crippen LogP contribution < -0.4 is 16.0 Å². The topological polar surface area (TPSA) is 95.1 Å². The molecule has 0 aliphatic carbocycles. The zero-order valence-electron chi connectivity index (χ0n) is 16.2. The summed E-state index contributed by atoms with van der Waals surface area (Å²) < 4.78 is 4.76. The number of methoxy groups -OCH3 is 1. The van der Waals surface area contributed by atoms with Crippen molar-refractivity contribution in [3.8, 4) is 0 Å². The Kier molecular flexibility index (Phi) is 7.91. The summed E-state index contributed by atoms with van der Waals surface area (Å²) in [5.41, 5.74) is 1.75. The van der Waals surface area contributed by atoms with Crippen molar-refractivity contribution in [3.05, 3.63) is 35.4 Å². The first-order valence-corrected chi connectivity index (χ1v) is 9.18. The second kappa shape index (κ2) is 10.4. The van der Waals surface area contributed by atoms with E-state index in [-0.39, 0.29) is 18.0 Å². The third-order valence-electron chi connectivity index (χ3n) is 4.61. The van der Waals surface area contributed by atoms with E-state index in [1.54, 1.807) is 25.1 Å². The third kappa shape index (κ3) is 6.16. The number of hydrogen-bond donors (Lipinski definition) is 3. The van der Waals surface area contributed by atoms with Crippen LogP contribution in [0.2, 0.25) is 0 Å². The van der Waals surface area contributed by atoms with Gasteiger partial charge in [-0.15, -0.1) is 0 Å². The molecule has 1 heterocycles. The number of guanidine groups is 1. The normalized spacial score (nSPS) is 15.2. The van der Waals surface area contributed by atoms with Crippen LogP contribution in [-0.2, 0) is 11.2 Å². The van der Waals surface area contributed by atoms with Crippen LogP contribution in [0.4, 0.5) is 4.79 Å². The number of ether oxygens (including phenoxy) is 1. The van der Waals surface area contributed by atoms with Crippen LogP contribution >= 0.6 is 0 Å². The van der Waals surface area contributed by atoms with E-state index < -0.39 is 0 Å². The van der Waals surface area contributed by atoms with Crippen molar-refractivity contribution in [1.29, 1.82) is 0 Å². The molecule has 2 amide bonds. The predicted octanol–water partition coefficient (Wildman–Crippen LogP) is 0.985. The van der Waals surface area contributed by atoms with Gasteiger partial charge in [-0.2, -0.15) is 0 Å². The molecule has 8 nitrogen and oxygen atoms in total. The Bertz CT molecular complexity index is 669. The van der Waals surface area contributed by atoms with Crippen LogP contribution in [0, 0.1) is 0 Å². The molecule has 27 heavy (non-hydrogen) atoms. The van der Waals surface area contributed by atoms with Gasteiger partial charge < -0.3 is 25.6 Å². The van der Waals surface area contributed by atoms with Gasteiger partial charge in [-0.3, -0.25) is 9.79 Å². The van der Waals surface area contributed by atoms with Crippen molar-refractivity contribution in [3.63, 3.8) is 0 Å². The molecule has 0 radical (unpaired) electrons. The molecule has 0 atom stereocenters. The van der Waals surface area contributed by atoms with Gasteiger partial charge in [0.25, 0.3) is 5.91 Å². The van der Waals surface area contributed by atoms with Gasteiger partial charge in [0.1, 0.15) is 0 Å². The Morgan fingerprint density at radius 2 is 2.04 bits per heavy atom. The number of piperidine rings is 1. The zero-order chi connectivity index (χ0) is 19.6. The number of amides is 2. The molecule has 3 N–H and O–H groups in total. The number of benzene rings is 1. The van der Waals surface area contributed by atoms with Gasteiger partial charge in [0, 0.05) is 45.3 Å². The Labute approximate surface area is 160 Å². The third-order valence-corrected chi connectivity index (χ3v) is 4.61. The summed E-state index contributed by atoms with van der Waals surface area (Å²) in [5.74, 6) is 0.662. The van der Waals surface area contributed by atoms with Crippen molar-refractivity contribution < 1.29 is 14.3 Å². The number of nitrogens with zero attached hydrogens (tertiary/aromatic N) is 2. The van der Waals surface area contributed by atoms with Crippen LogP contribution in [-0.4, -0.2) is 69.7 Å². The molecule has 8 heteroatoms. The lowest BCUT2D eigenvalue weighted by Gasteiger charge is -2.32. The van der Waals surface area contributed by atoms with Crippen molar-refractivity contribution in [1.82, 2.24) is 20.9 Å². The Morgan fingerprint density at radius 3 is 2.67 bits per heavy atom. The average molecular weight is 375 g/mol. The summed E-state index contributed by atoms with van der Waals surface area (Å²) in [5, 5.41) is 9.35. The molecule has 0 unspecified atom stereocenters. The van der Waals surface area contributed by atoms with Crippen LogP contribution in [0.3, 0.4) is 0 Å². The first kappa shape index (κ1) is 20.5. The smallest absolute Gasteiger partial charge is 0.409 e. The van der Waals surface area contributed by atoms with Crippen LogP contribution in [0.15, 0.2) is 29.3 Å². The number of nitrogens with one attached hydrogen (secondary N) is 3. The Hall–Kier alpha value is -2.77. The maximum absolute atomic E-state index is 11.7. The molecule has 1 fully saturated rings. The summed E-state index contributed by atoms with van der Waals surface area (Å²) in [6.07, 6.45) is 2.22. The van der Waals surface area contributed by atoms with E-state index in [1.807, 2.05) is 18.2 Å². The number of rotatable bonds is 5. The molecule has 148 valence electrons. The summed E-state index contributed by atoms with van der Waals surface area (Å²) in [6, 6.07) is 7.87. The standard InChI is InChI=1S/C19H29N5O3/c1-20-17(25)15-6-4-5-14(13-15)7-10-22-18(21-2)23-16-8-11-24(12-9-16)19(26)27-3/h4-6,13,16H,7-12H2,1-3H3,(H,20,25)(H2,21,22,23). The van der Waals surface area contributed by atoms with E-state index in [0.717, 1.165) is 30.8 Å². The molecule has 0 bridgehead atoms. The largest absolute Gasteiger partial charge is 0.453 e. The molecule has 1 aliphatic heterocycles. The molecule has 0 aromatic heterocycles. The second-order valence-electron chi connectivity index (χ2n) is 6.40. The molecule has 1 saturated heterocycles. The highest BCUT2D eigenvalue weighted by Crippen LogP contribution is 2.11. The van der Waals surface area contributed by atoms with Crippen LogP contribution in [0.1, 0.15) is 28.8 Å². The van der Waals surface area contributed by atoms with Crippen molar-refractivity contribution >= 4 is 18.0 Å². The van der Waals surface area contributed by atoms with E-state index in [0.29, 0.717) is 25.2 Å². The molecular weight excluding hydrogens is 346 g/mol. The number of carbonyl (C=O) groups excluding carboxylic acids is 2. The van der Waals surface area contributed by atoms with Gasteiger partial charge in [0.15, 0.2) is 5.96 Å². The molecular formula is C19H29N5O3. The fraction of sp³-hybridized carbons (Fsp3) is 0.526. The van der Waals surface area contributed by atoms with Gasteiger partial charge >= 0.3 is 6.09 Å². The van der Waals surface area contributed by atoms with Crippen molar-refractivity contribution in [2.75, 3.05) is 40.8 Å². The average Bonchev–Trinajstić information content (AvgIpc) is 2.72. The first-order chi connectivity index (χ1) is 13.1. The molecule has 0 spiro atoms. The van der Waals surface area contributed by atoms with Crippen molar-refractivity contribution in [2.45, 2.75) is 25.3 Å². The Balaban J connectivity index is 1.77. The summed E-state index contributed by atoms with van der Waals surface area (Å²) in [4.78, 5) is 29.2. The summed E-state index contributed by atoms with van der Waals surface area (Å²) in [7, 11) is 4.77. The number of carbonyl (C=O) groups is 2. The van der Waals surface area contributed by atoms with E-state index in [2.05, 4.69) is 20.9 Å². The molecule has 1 aromatic carbocycles. The van der Waals surface area contributed by atoms with E-state index >= 15 is 0 Å². The lowest BCUT2D eigenvalue weighted by atomic mass is 10.1. The quantitative estimate of drug-likeness (QED) is 0.527. The lowest BCUT2D eigenvalue weighted by Crippen LogP contribution is -2.50. The lowest BCUT2D eigenvalue weighted by molar-refractivity contribution is 0.0962. The molecule has 0 saturated carbocycles. The second-order valence-corrected chi connectivity index (χ2v) is 6.40. The molecule has 1 aromatic rings. The van der Waals surface area contributed by atoms with E-state index in [9.17, 15) is 9.59 Å². The van der Waals surface area contributed by atoms with Gasteiger partial charge in [-0.25, -0.2) is 4.79 Å². The summed E-state index contributed by atoms with van der Waals surface area (Å²) in [6.45, 7) is 2.05. The highest BCUT2D eigenvalue weighted by molar-refractivity contribution is 5.94. The fourth-order valence-electron chi connectivity index (χ4n) is 3.06. The van der Waals surface area contributed by atoms with Crippen LogP contribution in [0.5, 0.6) is 0 Å². The van der Waals surface area contributed by atoms with Crippen molar-refractivity contribution in [2.24, 2.45) is 4.99 Å². The first-order valence-electron chi connectivity index (χ1n) is 9.18. The van der Waals surface area contributed by atoms with Crippen LogP contribution in [0.25, 0.3) is 0 Å². The molecule has 2 rings (SSSR count). The monoisotopic (exact) mass is 375 g/mol. The maximum atomic E-state index is 11.7. The Morgan fingerprint density at radius 1 is 1.30 bits per heavy atom.